The van der Waals surface area contributed by atoms with E-state index in [0.29, 0.717) is 5.41 Å². The number of nitrogens with zero attached hydrogens (tertiary/aromatic N) is 1. The largest absolute Gasteiger partial charge is 0.384 e. The molecule has 15 heavy (non-hydrogen) atoms. The maximum absolute atomic E-state index is 12.8. The van der Waals surface area contributed by atoms with E-state index < -0.39 is 5.95 Å². The third-order valence-corrected chi connectivity index (χ3v) is 3.26. The van der Waals surface area contributed by atoms with Crippen LogP contribution in [0.2, 0.25) is 0 Å². The van der Waals surface area contributed by atoms with Crippen molar-refractivity contribution < 1.29 is 4.39 Å². The molecule has 1 aliphatic carbocycles. The number of hydrogen-bond acceptors (Lipinski definition) is 2. The van der Waals surface area contributed by atoms with Gasteiger partial charge in [0.2, 0.25) is 5.95 Å². The van der Waals surface area contributed by atoms with Crippen molar-refractivity contribution in [3.05, 3.63) is 24.3 Å². The summed E-state index contributed by atoms with van der Waals surface area (Å²) in [5.74, 6) is -0.420. The van der Waals surface area contributed by atoms with Crippen molar-refractivity contribution in [2.45, 2.75) is 32.6 Å². The van der Waals surface area contributed by atoms with Gasteiger partial charge in [0.05, 0.1) is 0 Å². The molecular weight excluding hydrogens is 191 g/mol. The molecule has 1 fully saturated rings. The van der Waals surface area contributed by atoms with Crippen LogP contribution in [0, 0.1) is 11.4 Å². The number of pyridine rings is 1. The Bertz CT molecular complexity index is 332. The molecule has 0 amide bonds. The lowest BCUT2D eigenvalue weighted by molar-refractivity contribution is 0.362. The molecule has 0 bridgehead atoms. The maximum atomic E-state index is 12.8. The summed E-state index contributed by atoms with van der Waals surface area (Å²) in [6.07, 6.45) is 6.68. The molecule has 0 saturated heterocycles. The summed E-state index contributed by atoms with van der Waals surface area (Å²) in [7, 11) is 0. The van der Waals surface area contributed by atoms with E-state index in [0.717, 1.165) is 12.2 Å². The van der Waals surface area contributed by atoms with Crippen LogP contribution in [0.5, 0.6) is 0 Å². The first-order chi connectivity index (χ1) is 7.18. The fourth-order valence-electron chi connectivity index (χ4n) is 2.23. The molecule has 1 saturated carbocycles. The van der Waals surface area contributed by atoms with Gasteiger partial charge < -0.3 is 5.32 Å². The second kappa shape index (κ2) is 4.17. The summed E-state index contributed by atoms with van der Waals surface area (Å²) >= 11 is 0. The molecule has 1 heterocycles. The summed E-state index contributed by atoms with van der Waals surface area (Å²) in [6, 6.07) is 3.25. The van der Waals surface area contributed by atoms with Gasteiger partial charge >= 0.3 is 0 Å². The molecule has 1 N–H and O–H groups in total. The molecule has 0 atom stereocenters. The Kier molecular flexibility index (Phi) is 2.89. The molecule has 2 rings (SSSR count). The number of aromatic nitrogens is 1. The molecule has 0 aromatic carbocycles. The van der Waals surface area contributed by atoms with Crippen LogP contribution in [0.4, 0.5) is 10.1 Å². The Balaban J connectivity index is 1.92. The minimum absolute atomic E-state index is 0.389. The third-order valence-electron chi connectivity index (χ3n) is 3.26. The van der Waals surface area contributed by atoms with Gasteiger partial charge in [0, 0.05) is 24.5 Å². The van der Waals surface area contributed by atoms with E-state index in [1.165, 1.54) is 37.9 Å². The summed E-state index contributed by atoms with van der Waals surface area (Å²) < 4.78 is 12.8. The fraction of sp³-hybridized carbons (Fsp3) is 0.583. The highest BCUT2D eigenvalue weighted by Gasteiger charge is 2.28. The molecule has 0 spiro atoms. The third kappa shape index (κ3) is 2.67. The second-order valence-electron chi connectivity index (χ2n) is 4.74. The van der Waals surface area contributed by atoms with E-state index >= 15 is 0 Å². The van der Waals surface area contributed by atoms with Crippen molar-refractivity contribution >= 4 is 5.69 Å². The maximum Gasteiger partial charge on any atom is 0.214 e. The number of anilines is 1. The normalized spacial score (nSPS) is 19.1. The minimum atomic E-state index is -0.420. The summed E-state index contributed by atoms with van der Waals surface area (Å²) in [5, 5.41) is 3.29. The zero-order valence-corrected chi connectivity index (χ0v) is 9.09. The van der Waals surface area contributed by atoms with Crippen molar-refractivity contribution in [2.24, 2.45) is 5.41 Å². The van der Waals surface area contributed by atoms with Crippen molar-refractivity contribution in [2.75, 3.05) is 11.9 Å². The highest BCUT2D eigenvalue weighted by atomic mass is 19.1. The monoisotopic (exact) mass is 208 g/mol. The summed E-state index contributed by atoms with van der Waals surface area (Å²) in [5.41, 5.74) is 1.22. The number of nitrogens with one attached hydrogen (secondary N) is 1. The van der Waals surface area contributed by atoms with Crippen molar-refractivity contribution in [1.82, 2.24) is 4.98 Å². The molecule has 0 aliphatic heterocycles. The topological polar surface area (TPSA) is 24.9 Å². The van der Waals surface area contributed by atoms with E-state index in [4.69, 9.17) is 0 Å². The Morgan fingerprint density at radius 2 is 2.20 bits per heavy atom. The average Bonchev–Trinajstić information content (AvgIpc) is 2.63. The van der Waals surface area contributed by atoms with Gasteiger partial charge in [-0.15, -0.1) is 0 Å². The van der Waals surface area contributed by atoms with Gasteiger partial charge in [-0.05, 0) is 24.3 Å². The van der Waals surface area contributed by atoms with Crippen molar-refractivity contribution in [3.63, 3.8) is 0 Å². The predicted octanol–water partition coefficient (Wildman–Crippen LogP) is 3.21. The molecule has 1 aliphatic rings. The number of hydrogen-bond donors (Lipinski definition) is 1. The average molecular weight is 208 g/mol. The lowest BCUT2D eigenvalue weighted by atomic mass is 9.89. The van der Waals surface area contributed by atoms with Crippen molar-refractivity contribution in [3.8, 4) is 0 Å². The standard InChI is InChI=1S/C12H17FN2/c1-12(5-2-3-6-12)9-15-10-4-7-14-11(13)8-10/h4,7-8H,2-3,5-6,9H2,1H3,(H,14,15). The van der Waals surface area contributed by atoms with E-state index in [1.54, 1.807) is 6.07 Å². The molecule has 1 aromatic rings. The first-order valence-corrected chi connectivity index (χ1v) is 5.53. The van der Waals surface area contributed by atoms with Gasteiger partial charge in [-0.2, -0.15) is 4.39 Å². The van der Waals surface area contributed by atoms with Crippen LogP contribution in [0.1, 0.15) is 32.6 Å². The lowest BCUT2D eigenvalue weighted by Crippen LogP contribution is -2.22. The second-order valence-corrected chi connectivity index (χ2v) is 4.74. The Morgan fingerprint density at radius 3 is 2.87 bits per heavy atom. The number of halogens is 1. The first-order valence-electron chi connectivity index (χ1n) is 5.53. The van der Waals surface area contributed by atoms with Crippen LogP contribution >= 0.6 is 0 Å². The molecule has 1 aromatic heterocycles. The van der Waals surface area contributed by atoms with Gasteiger partial charge in [-0.1, -0.05) is 19.8 Å². The predicted molar refractivity (Wildman–Crippen MR) is 59.3 cm³/mol. The smallest absolute Gasteiger partial charge is 0.214 e. The molecule has 2 nitrogen and oxygen atoms in total. The molecule has 0 unspecified atom stereocenters. The van der Waals surface area contributed by atoms with Gasteiger partial charge in [0.1, 0.15) is 0 Å². The molecule has 0 radical (unpaired) electrons. The van der Waals surface area contributed by atoms with Gasteiger partial charge in [0.15, 0.2) is 0 Å². The Labute approximate surface area is 89.9 Å². The Morgan fingerprint density at radius 1 is 1.47 bits per heavy atom. The zero-order chi connectivity index (χ0) is 10.7. The van der Waals surface area contributed by atoms with Crippen LogP contribution in [0.25, 0.3) is 0 Å². The first kappa shape index (κ1) is 10.4. The van der Waals surface area contributed by atoms with Crippen LogP contribution in [0.3, 0.4) is 0 Å². The molecule has 3 heteroatoms. The van der Waals surface area contributed by atoms with E-state index in [9.17, 15) is 4.39 Å². The van der Waals surface area contributed by atoms with Crippen LogP contribution in [0.15, 0.2) is 18.3 Å². The van der Waals surface area contributed by atoms with E-state index in [1.807, 2.05) is 0 Å². The molecular formula is C12H17FN2. The van der Waals surface area contributed by atoms with Crippen LogP contribution in [-0.2, 0) is 0 Å². The fourth-order valence-corrected chi connectivity index (χ4v) is 2.23. The van der Waals surface area contributed by atoms with E-state index in [2.05, 4.69) is 17.2 Å². The van der Waals surface area contributed by atoms with Gasteiger partial charge in [0.25, 0.3) is 0 Å². The quantitative estimate of drug-likeness (QED) is 0.771. The summed E-state index contributed by atoms with van der Waals surface area (Å²) in [6.45, 7) is 3.22. The van der Waals surface area contributed by atoms with Crippen molar-refractivity contribution in [1.29, 1.82) is 0 Å². The molecule has 82 valence electrons. The highest BCUT2D eigenvalue weighted by molar-refractivity contribution is 5.41. The lowest BCUT2D eigenvalue weighted by Gasteiger charge is -2.24. The van der Waals surface area contributed by atoms with Gasteiger partial charge in [-0.3, -0.25) is 0 Å². The van der Waals surface area contributed by atoms with E-state index in [-0.39, 0.29) is 0 Å². The Hall–Kier alpha value is -1.12. The zero-order valence-electron chi connectivity index (χ0n) is 9.09. The van der Waals surface area contributed by atoms with Crippen LogP contribution < -0.4 is 5.32 Å². The number of rotatable bonds is 3. The minimum Gasteiger partial charge on any atom is -0.384 e. The summed E-state index contributed by atoms with van der Waals surface area (Å²) in [4.78, 5) is 3.53. The SMILES string of the molecule is CC1(CNc2ccnc(F)c2)CCCC1. The highest BCUT2D eigenvalue weighted by Crippen LogP contribution is 2.37. The van der Waals surface area contributed by atoms with Crippen LogP contribution in [-0.4, -0.2) is 11.5 Å². The van der Waals surface area contributed by atoms with Gasteiger partial charge in [-0.25, -0.2) is 4.98 Å².